The molecule has 30 heavy (non-hydrogen) atoms. The molecule has 3 heterocycles. The van der Waals surface area contributed by atoms with Crippen molar-refractivity contribution in [2.24, 2.45) is 0 Å². The van der Waals surface area contributed by atoms with E-state index in [1.165, 1.54) is 17.3 Å². The number of amides is 1. The lowest BCUT2D eigenvalue weighted by Crippen LogP contribution is -2.35. The van der Waals surface area contributed by atoms with Crippen LogP contribution >= 0.6 is 0 Å². The Balaban J connectivity index is 1.62. The second-order valence-corrected chi connectivity index (χ2v) is 6.41. The number of ether oxygens (including phenoxy) is 1. The third kappa shape index (κ3) is 3.64. The molecule has 9 heteroatoms. The molecule has 0 fully saturated rings. The molecule has 0 atom stereocenters. The Bertz CT molecular complexity index is 1200. The highest BCUT2D eigenvalue weighted by Gasteiger charge is 2.21. The SMILES string of the molecule is CCOC(=O)c1cnn(C(=O)N(CC)c2ccn3cc(-c4ccccc4)nc3n2)c1. The molecule has 0 bridgehead atoms. The van der Waals surface area contributed by atoms with Gasteiger partial charge in [0.1, 0.15) is 5.82 Å². The fourth-order valence-electron chi connectivity index (χ4n) is 3.03. The van der Waals surface area contributed by atoms with Crippen LogP contribution in [0.3, 0.4) is 0 Å². The molecule has 0 radical (unpaired) electrons. The maximum atomic E-state index is 12.9. The van der Waals surface area contributed by atoms with Gasteiger partial charge in [-0.2, -0.15) is 14.8 Å². The van der Waals surface area contributed by atoms with Crippen LogP contribution in [0.1, 0.15) is 24.2 Å². The second kappa shape index (κ2) is 8.16. The Morgan fingerprint density at radius 3 is 2.60 bits per heavy atom. The average molecular weight is 404 g/mol. The number of carbonyl (C=O) groups excluding carboxylic acids is 2. The fourth-order valence-corrected chi connectivity index (χ4v) is 3.03. The molecule has 0 spiro atoms. The van der Waals surface area contributed by atoms with Gasteiger partial charge in [-0.05, 0) is 19.9 Å². The predicted octanol–water partition coefficient (Wildman–Crippen LogP) is 3.26. The number of anilines is 1. The van der Waals surface area contributed by atoms with Gasteiger partial charge in [0, 0.05) is 24.5 Å². The van der Waals surface area contributed by atoms with E-state index in [1.54, 1.807) is 23.6 Å². The summed E-state index contributed by atoms with van der Waals surface area (Å²) in [6.45, 7) is 4.16. The summed E-state index contributed by atoms with van der Waals surface area (Å²) in [6.07, 6.45) is 6.35. The van der Waals surface area contributed by atoms with Crippen LogP contribution in [0.5, 0.6) is 0 Å². The van der Waals surface area contributed by atoms with Gasteiger partial charge in [0.05, 0.1) is 30.3 Å². The van der Waals surface area contributed by atoms with Crippen LogP contribution < -0.4 is 4.90 Å². The summed E-state index contributed by atoms with van der Waals surface area (Å²) < 4.78 is 7.84. The van der Waals surface area contributed by atoms with E-state index in [9.17, 15) is 9.59 Å². The van der Waals surface area contributed by atoms with Crippen molar-refractivity contribution in [2.45, 2.75) is 13.8 Å². The lowest BCUT2D eigenvalue weighted by atomic mass is 10.2. The van der Waals surface area contributed by atoms with Gasteiger partial charge in [-0.3, -0.25) is 9.30 Å². The number of hydrogen-bond acceptors (Lipinski definition) is 6. The summed E-state index contributed by atoms with van der Waals surface area (Å²) >= 11 is 0. The van der Waals surface area contributed by atoms with Crippen molar-refractivity contribution in [3.63, 3.8) is 0 Å². The average Bonchev–Trinajstić information content (AvgIpc) is 3.42. The fraction of sp³-hybridized carbons (Fsp3) is 0.190. The van der Waals surface area contributed by atoms with Crippen LogP contribution in [0.25, 0.3) is 17.0 Å². The molecule has 0 saturated carbocycles. The predicted molar refractivity (Wildman–Crippen MR) is 110 cm³/mol. The first kappa shape index (κ1) is 19.3. The smallest absolute Gasteiger partial charge is 0.350 e. The Morgan fingerprint density at radius 1 is 1.07 bits per heavy atom. The molecule has 9 nitrogen and oxygen atoms in total. The summed E-state index contributed by atoms with van der Waals surface area (Å²) in [5.41, 5.74) is 1.99. The Kier molecular flexibility index (Phi) is 5.25. The van der Waals surface area contributed by atoms with Crippen LogP contribution in [0, 0.1) is 0 Å². The van der Waals surface area contributed by atoms with E-state index >= 15 is 0 Å². The molecule has 0 aliphatic heterocycles. The van der Waals surface area contributed by atoms with E-state index in [4.69, 9.17) is 4.74 Å². The molecule has 0 N–H and O–H groups in total. The lowest BCUT2D eigenvalue weighted by molar-refractivity contribution is 0.0526. The topological polar surface area (TPSA) is 94.6 Å². The zero-order valence-electron chi connectivity index (χ0n) is 16.6. The number of esters is 1. The van der Waals surface area contributed by atoms with Crippen LogP contribution in [0.4, 0.5) is 10.6 Å². The van der Waals surface area contributed by atoms with Crippen molar-refractivity contribution < 1.29 is 14.3 Å². The number of fused-ring (bicyclic) bond motifs is 1. The Morgan fingerprint density at radius 2 is 1.87 bits per heavy atom. The van der Waals surface area contributed by atoms with Gasteiger partial charge in [0.2, 0.25) is 5.78 Å². The van der Waals surface area contributed by atoms with Gasteiger partial charge in [0.15, 0.2) is 0 Å². The largest absolute Gasteiger partial charge is 0.462 e. The normalized spacial score (nSPS) is 10.9. The van der Waals surface area contributed by atoms with Crippen molar-refractivity contribution in [2.75, 3.05) is 18.1 Å². The zero-order chi connectivity index (χ0) is 21.1. The van der Waals surface area contributed by atoms with Gasteiger partial charge in [0.25, 0.3) is 0 Å². The Labute approximate surface area is 172 Å². The number of imidazole rings is 1. The highest BCUT2D eigenvalue weighted by Crippen LogP contribution is 2.20. The van der Waals surface area contributed by atoms with Gasteiger partial charge in [-0.1, -0.05) is 30.3 Å². The van der Waals surface area contributed by atoms with Crippen molar-refractivity contribution in [3.05, 3.63) is 66.7 Å². The molecule has 152 valence electrons. The van der Waals surface area contributed by atoms with Crippen LogP contribution in [0.15, 0.2) is 61.2 Å². The first-order valence-corrected chi connectivity index (χ1v) is 9.55. The molecule has 0 saturated heterocycles. The van der Waals surface area contributed by atoms with E-state index in [-0.39, 0.29) is 12.2 Å². The quantitative estimate of drug-likeness (QED) is 0.474. The van der Waals surface area contributed by atoms with Crippen LogP contribution in [-0.4, -0.2) is 49.3 Å². The summed E-state index contributed by atoms with van der Waals surface area (Å²) in [4.78, 5) is 35.3. The maximum absolute atomic E-state index is 12.9. The van der Waals surface area contributed by atoms with Gasteiger partial charge >= 0.3 is 12.0 Å². The van der Waals surface area contributed by atoms with E-state index in [1.807, 2.05) is 43.5 Å². The van der Waals surface area contributed by atoms with Crippen molar-refractivity contribution in [3.8, 4) is 11.3 Å². The first-order chi connectivity index (χ1) is 14.6. The number of carbonyl (C=O) groups is 2. The van der Waals surface area contributed by atoms with Gasteiger partial charge < -0.3 is 4.74 Å². The molecule has 0 unspecified atom stereocenters. The minimum Gasteiger partial charge on any atom is -0.462 e. The minimum atomic E-state index is -0.523. The summed E-state index contributed by atoms with van der Waals surface area (Å²) in [6, 6.07) is 11.1. The molecule has 3 aromatic heterocycles. The zero-order valence-corrected chi connectivity index (χ0v) is 16.6. The first-order valence-electron chi connectivity index (χ1n) is 9.55. The number of nitrogens with zero attached hydrogens (tertiary/aromatic N) is 6. The monoisotopic (exact) mass is 404 g/mol. The second-order valence-electron chi connectivity index (χ2n) is 6.41. The van der Waals surface area contributed by atoms with Gasteiger partial charge in [-0.25, -0.2) is 14.6 Å². The van der Waals surface area contributed by atoms with Crippen molar-refractivity contribution in [1.29, 1.82) is 0 Å². The minimum absolute atomic E-state index is 0.213. The number of hydrogen-bond donors (Lipinski definition) is 0. The third-order valence-electron chi connectivity index (χ3n) is 4.49. The van der Waals surface area contributed by atoms with Crippen molar-refractivity contribution in [1.82, 2.24) is 24.1 Å². The molecule has 4 rings (SSSR count). The van der Waals surface area contributed by atoms with Crippen LogP contribution in [0.2, 0.25) is 0 Å². The molecular formula is C21H20N6O3. The molecule has 0 aliphatic rings. The molecular weight excluding hydrogens is 384 g/mol. The highest BCUT2D eigenvalue weighted by atomic mass is 16.5. The van der Waals surface area contributed by atoms with E-state index in [0.29, 0.717) is 18.1 Å². The highest BCUT2D eigenvalue weighted by molar-refractivity contribution is 5.94. The lowest BCUT2D eigenvalue weighted by Gasteiger charge is -2.19. The Hall–Kier alpha value is -4.01. The third-order valence-corrected chi connectivity index (χ3v) is 4.49. The summed E-state index contributed by atoms with van der Waals surface area (Å²) in [5, 5.41) is 4.00. The standard InChI is InChI=1S/C21H20N6O3/c1-3-26(21(29)27-13-16(12-22-27)19(28)30-4-2)18-10-11-25-14-17(23-20(25)24-18)15-8-6-5-7-9-15/h5-14H,3-4H2,1-2H3. The van der Waals surface area contributed by atoms with E-state index in [2.05, 4.69) is 15.1 Å². The summed E-state index contributed by atoms with van der Waals surface area (Å²) in [7, 11) is 0. The molecule has 1 aromatic carbocycles. The van der Waals surface area contributed by atoms with E-state index < -0.39 is 12.0 Å². The number of benzene rings is 1. The maximum Gasteiger partial charge on any atom is 0.350 e. The summed E-state index contributed by atoms with van der Waals surface area (Å²) in [5.74, 6) is 0.392. The van der Waals surface area contributed by atoms with Crippen LogP contribution in [-0.2, 0) is 4.74 Å². The number of aromatic nitrogens is 5. The molecule has 0 aliphatic carbocycles. The van der Waals surface area contributed by atoms with Gasteiger partial charge in [-0.15, -0.1) is 0 Å². The molecule has 4 aromatic rings. The molecule has 1 amide bonds. The number of rotatable bonds is 5. The van der Waals surface area contributed by atoms with E-state index in [0.717, 1.165) is 15.9 Å². The van der Waals surface area contributed by atoms with Crippen molar-refractivity contribution >= 4 is 23.6 Å².